The number of unbranched alkanes of at least 4 members (excludes halogenated alkanes) is 4. The molecule has 0 aliphatic heterocycles. The predicted molar refractivity (Wildman–Crippen MR) is 539 cm³/mol. The van der Waals surface area contributed by atoms with Crippen molar-refractivity contribution in [1.82, 2.24) is 63.8 Å². The maximum absolute atomic E-state index is 12.7. The quantitative estimate of drug-likeness (QED) is 0.00999. The predicted octanol–water partition coefficient (Wildman–Crippen LogP) is 6.29. The fraction of sp³-hybridized carbons (Fsp3) is 0.640. The second-order valence-corrected chi connectivity index (χ2v) is 34.7. The van der Waals surface area contributed by atoms with E-state index in [0.29, 0.717) is 99.3 Å². The maximum atomic E-state index is 12.7. The number of alkyl carbamates (subject to hydrolysis) is 4. The van der Waals surface area contributed by atoms with Crippen LogP contribution in [0.4, 0.5) is 38.4 Å². The average molecular weight is 2140 g/mol. The summed E-state index contributed by atoms with van der Waals surface area (Å²) in [5.74, 6) is -4.73. The van der Waals surface area contributed by atoms with Gasteiger partial charge in [0.25, 0.3) is 0 Å². The van der Waals surface area contributed by atoms with Gasteiger partial charge in [0.2, 0.25) is 0 Å². The van der Waals surface area contributed by atoms with Crippen LogP contribution in [0, 0.1) is 10.8 Å². The lowest BCUT2D eigenvalue weighted by Gasteiger charge is -2.33. The minimum atomic E-state index is -0.969. The zero-order valence-corrected chi connectivity index (χ0v) is 86.8. The van der Waals surface area contributed by atoms with Crippen molar-refractivity contribution in [2.45, 2.75) is 168 Å². The van der Waals surface area contributed by atoms with E-state index in [0.717, 1.165) is 0 Å². The van der Waals surface area contributed by atoms with Crippen LogP contribution in [0.3, 0.4) is 0 Å². The van der Waals surface area contributed by atoms with Gasteiger partial charge in [0.05, 0.1) is 159 Å². The number of phenols is 8. The molecule has 4 rings (SSSR count). The maximum Gasteiger partial charge on any atom is 0.407 e. The van der Waals surface area contributed by atoms with Crippen LogP contribution in [0.25, 0.3) is 0 Å². The lowest BCUT2D eigenvalue weighted by atomic mass is 9.92. The van der Waals surface area contributed by atoms with Gasteiger partial charge in [-0.2, -0.15) is 0 Å². The van der Waals surface area contributed by atoms with E-state index in [1.165, 1.54) is 48.5 Å². The zero-order chi connectivity index (χ0) is 110. The molecule has 0 saturated heterocycles. The Morgan fingerprint density at radius 1 is 0.233 bits per heavy atom. The number of amides is 12. The van der Waals surface area contributed by atoms with E-state index in [2.05, 4.69) is 63.8 Å². The van der Waals surface area contributed by atoms with Crippen LogP contribution in [0.15, 0.2) is 72.8 Å². The third-order valence-corrected chi connectivity index (χ3v) is 21.6. The Labute approximate surface area is 873 Å². The lowest BCUT2D eigenvalue weighted by Crippen LogP contribution is -2.47. The van der Waals surface area contributed by atoms with E-state index in [-0.39, 0.29) is 309 Å². The van der Waals surface area contributed by atoms with Crippen LogP contribution in [-0.2, 0) is 130 Å². The number of hydrogen-bond acceptors (Lipinski definition) is 38. The Morgan fingerprint density at radius 3 is 0.627 bits per heavy atom. The van der Waals surface area contributed by atoms with Gasteiger partial charge < -0.3 is 190 Å². The Hall–Kier alpha value is -13.1. The number of aromatic hydroxyl groups is 8. The summed E-state index contributed by atoms with van der Waals surface area (Å²) >= 11 is 0. The third-order valence-electron chi connectivity index (χ3n) is 21.6. The largest absolute Gasteiger partial charge is 0.504 e. The van der Waals surface area contributed by atoms with E-state index in [4.69, 9.17) is 85.3 Å². The molecule has 0 saturated carbocycles. The highest BCUT2D eigenvalue weighted by Crippen LogP contribution is 2.30. The summed E-state index contributed by atoms with van der Waals surface area (Å²) in [4.78, 5) is 152. The summed E-state index contributed by atoms with van der Waals surface area (Å²) in [6, 6.07) is 11.0. The third kappa shape index (κ3) is 61.8. The molecule has 20 N–H and O–H groups in total. The SMILES string of the molecule is CCOC(=O)C(CCCCNC(=O)OCCOCCOCCOCC(C)(COCCOCCOC(=O)NCCCCC(NC(=O)NCCc1ccc(O)c(O)c1)C(=O)OCC)COCC(C)(COCCOCCOC(=O)NCCCCC(NC(=O)NCCc1ccc(O)c(O)c1)C(=O)OCC)COCCOCCOC(=O)NCCCCC(NC(=O)NCCc1ccc(O)c(O)c1)C(=O)OCC)NC(=O)NCCc1ccc(O)c(O)c1. The van der Waals surface area contributed by atoms with Gasteiger partial charge in [-0.3, -0.25) is 0 Å². The van der Waals surface area contributed by atoms with Gasteiger partial charge in [0.1, 0.15) is 50.6 Å². The number of esters is 4. The Morgan fingerprint density at radius 2 is 0.427 bits per heavy atom. The summed E-state index contributed by atoms with van der Waals surface area (Å²) in [5, 5.41) is 109. The van der Waals surface area contributed by atoms with Crippen LogP contribution in [0.5, 0.6) is 46.0 Å². The van der Waals surface area contributed by atoms with Gasteiger partial charge >= 0.3 is 72.4 Å². The van der Waals surface area contributed by atoms with E-state index in [9.17, 15) is 98.4 Å². The number of carbonyl (C=O) groups is 12. The van der Waals surface area contributed by atoms with Gasteiger partial charge in [-0.1, -0.05) is 38.1 Å². The lowest BCUT2D eigenvalue weighted by molar-refractivity contribution is -0.146. The second-order valence-electron chi connectivity index (χ2n) is 34.7. The number of ether oxygens (including phenoxy) is 18. The number of urea groups is 4. The minimum absolute atomic E-state index is 0.0246. The van der Waals surface area contributed by atoms with Crippen LogP contribution >= 0.6 is 0 Å². The molecule has 50 nitrogen and oxygen atoms in total. The number of phenolic OH excluding ortho intramolecular Hbond substituents is 8. The van der Waals surface area contributed by atoms with Gasteiger partial charge in [0, 0.05) is 63.2 Å². The first-order valence-corrected chi connectivity index (χ1v) is 50.5. The van der Waals surface area contributed by atoms with Crippen LogP contribution in [-0.4, -0.2) is 375 Å². The fourth-order valence-corrected chi connectivity index (χ4v) is 13.8. The minimum Gasteiger partial charge on any atom is -0.504 e. The summed E-state index contributed by atoms with van der Waals surface area (Å²) in [6.45, 7) is 13.9. The molecule has 4 aromatic rings. The zero-order valence-electron chi connectivity index (χ0n) is 86.8. The molecular formula is C100H158N12O38. The second kappa shape index (κ2) is 79.0. The standard InChI is InChI=1S/C100H158N12O38/c1-7-143-87(121)75(109-91(125)101-39-31-71-23-27-79(113)83(117)61-71)19-11-15-35-105-95(129)147-57-53-134-44-43-133-45-49-138-65-99(5,66-139-50-46-135-54-58-148-96(130)106-36-16-12-20-76(88(122)144-8-2)110-92(126)102-40-32-72-24-28-80(114)84(118)62-72)69-142-70-100(6,67-140-51-47-136-55-59-149-97(131)107-37-17-13-21-77(89(123)145-9-3)111-93(127)103-41-33-73-25-29-81(115)85(119)63-73)68-141-52-48-137-56-60-150-98(132)108-38-18-14-22-78(90(124)146-10-4)112-94(128)104-42-34-74-26-30-82(116)86(120)64-74/h23-30,61-64,75-78,113-120H,7-22,31-60,65-70H2,1-6H3,(H,105,129)(H,106,130)(H,107,131)(H,108,132)(H2,101,109,125)(H2,102,110,126)(H2,103,111,127)(H2,104,112,128). The topological polar surface area (TPSA) is 677 Å². The molecule has 0 spiro atoms. The van der Waals surface area contributed by atoms with Gasteiger partial charge in [-0.15, -0.1) is 0 Å². The highest BCUT2D eigenvalue weighted by atomic mass is 16.6. The first-order chi connectivity index (χ1) is 72.3. The van der Waals surface area contributed by atoms with E-state index in [1.807, 2.05) is 13.8 Å². The molecular weight excluding hydrogens is 1980 g/mol. The van der Waals surface area contributed by atoms with Crippen LogP contribution in [0.2, 0.25) is 0 Å². The van der Waals surface area contributed by atoms with Crippen molar-refractivity contribution in [1.29, 1.82) is 0 Å². The molecule has 0 radical (unpaired) electrons. The monoisotopic (exact) mass is 2140 g/mol. The molecule has 0 fully saturated rings. The number of nitrogens with one attached hydrogen (secondary N) is 12. The van der Waals surface area contributed by atoms with Crippen LogP contribution in [0.1, 0.15) is 141 Å². The molecule has 846 valence electrons. The Bertz CT molecular complexity index is 4420. The van der Waals surface area contributed by atoms with Crippen molar-refractivity contribution >= 4 is 72.4 Å². The van der Waals surface area contributed by atoms with Crippen molar-refractivity contribution < 1.29 is 184 Å². The Balaban J connectivity index is 1.29. The van der Waals surface area contributed by atoms with Crippen molar-refractivity contribution in [3.05, 3.63) is 95.1 Å². The average Bonchev–Trinajstić information content (AvgIpc) is 0.881. The van der Waals surface area contributed by atoms with Gasteiger partial charge in [-0.25, -0.2) is 57.5 Å². The highest BCUT2D eigenvalue weighted by molar-refractivity contribution is 5.86. The van der Waals surface area contributed by atoms with Crippen molar-refractivity contribution in [2.75, 3.05) is 237 Å². The molecule has 0 aliphatic carbocycles. The van der Waals surface area contributed by atoms with Crippen LogP contribution < -0.4 is 63.8 Å². The molecule has 4 aromatic carbocycles. The van der Waals surface area contributed by atoms with Crippen molar-refractivity contribution in [2.24, 2.45) is 10.8 Å². The molecule has 150 heavy (non-hydrogen) atoms. The molecule has 0 aromatic heterocycles. The fourth-order valence-electron chi connectivity index (χ4n) is 13.8. The molecule has 0 heterocycles. The summed E-state index contributed by atoms with van der Waals surface area (Å²) in [5.41, 5.74) is 1.04. The highest BCUT2D eigenvalue weighted by Gasteiger charge is 2.33. The van der Waals surface area contributed by atoms with E-state index in [1.54, 1.807) is 52.0 Å². The first-order valence-electron chi connectivity index (χ1n) is 50.5. The van der Waals surface area contributed by atoms with Gasteiger partial charge in [0.15, 0.2) is 46.0 Å². The molecule has 50 heteroatoms. The number of carbonyl (C=O) groups excluding carboxylic acids is 12. The van der Waals surface area contributed by atoms with Gasteiger partial charge in [-0.05, 0) is 201 Å². The number of rotatable bonds is 83. The smallest absolute Gasteiger partial charge is 0.407 e. The molecule has 5 atom stereocenters. The number of benzene rings is 4. The van der Waals surface area contributed by atoms with Crippen molar-refractivity contribution in [3.8, 4) is 46.0 Å². The molecule has 5 unspecified atom stereocenters. The summed E-state index contributed by atoms with van der Waals surface area (Å²) in [6.07, 6.45) is 2.84. The van der Waals surface area contributed by atoms with Crippen molar-refractivity contribution in [3.63, 3.8) is 0 Å². The van der Waals surface area contributed by atoms with E-state index >= 15 is 0 Å². The normalized spacial score (nSPS) is 12.7. The molecule has 0 bridgehead atoms. The van der Waals surface area contributed by atoms with E-state index < -0.39 is 107 Å². The Kier molecular flexibility index (Phi) is 68.1. The summed E-state index contributed by atoms with van der Waals surface area (Å²) < 4.78 is 101. The summed E-state index contributed by atoms with van der Waals surface area (Å²) in [7, 11) is 0. The first kappa shape index (κ1) is 129. The molecule has 0 aliphatic rings. The number of hydrogen-bond donors (Lipinski definition) is 20. The molecule has 12 amide bonds.